The second-order valence-corrected chi connectivity index (χ2v) is 4.29. The van der Waals surface area contributed by atoms with Crippen LogP contribution in [0, 0.1) is 0 Å². The number of aliphatic hydroxyl groups is 1. The maximum absolute atomic E-state index is 11.4. The van der Waals surface area contributed by atoms with E-state index in [1.807, 2.05) is 24.3 Å². The van der Waals surface area contributed by atoms with Crippen molar-refractivity contribution in [3.8, 4) is 11.1 Å². The smallest absolute Gasteiger partial charge is 0.438 e. The zero-order valence-electron chi connectivity index (χ0n) is 10.3. The molecule has 0 spiro atoms. The van der Waals surface area contributed by atoms with Crippen LogP contribution in [-0.4, -0.2) is 18.4 Å². The van der Waals surface area contributed by atoms with Gasteiger partial charge in [0.1, 0.15) is 0 Å². The van der Waals surface area contributed by atoms with Crippen LogP contribution in [-0.2, 0) is 15.3 Å². The van der Waals surface area contributed by atoms with Crippen LogP contribution in [0.25, 0.3) is 11.1 Å². The van der Waals surface area contributed by atoms with Crippen molar-refractivity contribution in [3.05, 3.63) is 59.7 Å². The maximum atomic E-state index is 11.4. The number of carbonyl (C=O) groups excluding carboxylic acids is 1. The summed E-state index contributed by atoms with van der Waals surface area (Å²) in [5.41, 5.74) is 2.79. The summed E-state index contributed by atoms with van der Waals surface area (Å²) >= 11 is 0. The van der Waals surface area contributed by atoms with Crippen molar-refractivity contribution in [3.63, 3.8) is 0 Å². The molecule has 2 aromatic carbocycles. The first-order chi connectivity index (χ1) is 9.16. The Morgan fingerprint density at radius 1 is 1.00 bits per heavy atom. The Hall–Kier alpha value is -2.33. The van der Waals surface area contributed by atoms with Gasteiger partial charge in [0, 0.05) is 11.1 Å². The fourth-order valence-electron chi connectivity index (χ4n) is 2.44. The van der Waals surface area contributed by atoms with E-state index in [9.17, 15) is 9.90 Å². The minimum atomic E-state index is -1.79. The van der Waals surface area contributed by atoms with E-state index in [2.05, 4.69) is 4.74 Å². The molecule has 2 aromatic rings. The molecule has 0 saturated carbocycles. The van der Waals surface area contributed by atoms with Crippen molar-refractivity contribution in [2.45, 2.75) is 5.79 Å². The summed E-state index contributed by atoms with van der Waals surface area (Å²) in [4.78, 5) is 11.4. The lowest BCUT2D eigenvalue weighted by atomic mass is 10.0. The molecule has 0 aromatic heterocycles. The first-order valence-electron chi connectivity index (χ1n) is 5.85. The van der Waals surface area contributed by atoms with Crippen molar-refractivity contribution < 1.29 is 19.4 Å². The molecule has 0 saturated heterocycles. The van der Waals surface area contributed by atoms with E-state index in [0.717, 1.165) is 11.1 Å². The Balaban J connectivity index is 2.22. The van der Waals surface area contributed by atoms with Crippen LogP contribution in [0.3, 0.4) is 0 Å². The number of hydrogen-bond acceptors (Lipinski definition) is 4. The minimum Gasteiger partial charge on any atom is -0.438 e. The van der Waals surface area contributed by atoms with Gasteiger partial charge in [0.15, 0.2) is 0 Å². The van der Waals surface area contributed by atoms with Gasteiger partial charge in [-0.25, -0.2) is 4.79 Å². The molecule has 0 unspecified atom stereocenters. The van der Waals surface area contributed by atoms with E-state index in [1.165, 1.54) is 7.11 Å². The van der Waals surface area contributed by atoms with Crippen LogP contribution in [0.5, 0.6) is 0 Å². The van der Waals surface area contributed by atoms with Crippen molar-refractivity contribution in [2.75, 3.05) is 7.11 Å². The van der Waals surface area contributed by atoms with Crippen LogP contribution in [0.4, 0.5) is 4.79 Å². The highest BCUT2D eigenvalue weighted by Gasteiger charge is 2.45. The van der Waals surface area contributed by atoms with E-state index in [1.54, 1.807) is 24.3 Å². The van der Waals surface area contributed by atoms with Crippen LogP contribution in [0.15, 0.2) is 48.5 Å². The molecule has 1 N–H and O–H groups in total. The second kappa shape index (κ2) is 4.10. The summed E-state index contributed by atoms with van der Waals surface area (Å²) in [6.45, 7) is 0. The molecule has 1 aliphatic rings. The van der Waals surface area contributed by atoms with Gasteiger partial charge in [0.2, 0.25) is 0 Å². The van der Waals surface area contributed by atoms with Gasteiger partial charge in [-0.3, -0.25) is 0 Å². The van der Waals surface area contributed by atoms with E-state index < -0.39 is 11.9 Å². The minimum absolute atomic E-state index is 0.543. The first-order valence-corrected chi connectivity index (χ1v) is 5.85. The number of methoxy groups -OCH3 is 1. The lowest BCUT2D eigenvalue weighted by Crippen LogP contribution is -2.31. The lowest BCUT2D eigenvalue weighted by molar-refractivity contribution is -0.148. The van der Waals surface area contributed by atoms with Crippen molar-refractivity contribution in [2.24, 2.45) is 0 Å². The number of ether oxygens (including phenoxy) is 2. The van der Waals surface area contributed by atoms with E-state index in [-0.39, 0.29) is 0 Å². The monoisotopic (exact) mass is 256 g/mol. The third-order valence-corrected chi connectivity index (χ3v) is 3.27. The zero-order valence-corrected chi connectivity index (χ0v) is 10.3. The number of benzene rings is 2. The molecule has 0 fully saturated rings. The van der Waals surface area contributed by atoms with Crippen LogP contribution < -0.4 is 0 Å². The van der Waals surface area contributed by atoms with E-state index in [0.29, 0.717) is 11.1 Å². The molecular weight excluding hydrogens is 244 g/mol. The summed E-state index contributed by atoms with van der Waals surface area (Å²) in [5.74, 6) is -1.79. The summed E-state index contributed by atoms with van der Waals surface area (Å²) in [7, 11) is 1.21. The van der Waals surface area contributed by atoms with Gasteiger partial charge >= 0.3 is 6.16 Å². The summed E-state index contributed by atoms with van der Waals surface area (Å²) < 4.78 is 9.58. The number of rotatable bonds is 1. The maximum Gasteiger partial charge on any atom is 0.511 e. The zero-order chi connectivity index (χ0) is 13.5. The normalized spacial score (nSPS) is 14.4. The molecule has 0 heterocycles. The van der Waals surface area contributed by atoms with Gasteiger partial charge in [-0.1, -0.05) is 48.5 Å². The quantitative estimate of drug-likeness (QED) is 0.629. The predicted octanol–water partition coefficient (Wildman–Crippen LogP) is 2.64. The Morgan fingerprint density at radius 2 is 1.47 bits per heavy atom. The summed E-state index contributed by atoms with van der Waals surface area (Å²) in [6, 6.07) is 14.6. The van der Waals surface area contributed by atoms with Crippen LogP contribution >= 0.6 is 0 Å². The van der Waals surface area contributed by atoms with Gasteiger partial charge in [-0.15, -0.1) is 0 Å². The van der Waals surface area contributed by atoms with Crippen molar-refractivity contribution in [1.82, 2.24) is 0 Å². The molecule has 0 radical (unpaired) electrons. The average Bonchev–Trinajstić information content (AvgIpc) is 2.70. The Labute approximate surface area is 110 Å². The number of carbonyl (C=O) groups is 1. The average molecular weight is 256 g/mol. The SMILES string of the molecule is COC(=O)OC1(O)c2ccccc2-c2ccccc21. The van der Waals surface area contributed by atoms with Crippen LogP contribution in [0.2, 0.25) is 0 Å². The molecule has 0 aliphatic heterocycles. The third kappa shape index (κ3) is 1.61. The molecule has 0 bridgehead atoms. The highest BCUT2D eigenvalue weighted by molar-refractivity contribution is 5.80. The van der Waals surface area contributed by atoms with Crippen LogP contribution in [0.1, 0.15) is 11.1 Å². The highest BCUT2D eigenvalue weighted by Crippen LogP contribution is 2.47. The summed E-state index contributed by atoms with van der Waals surface area (Å²) in [5, 5.41) is 10.8. The van der Waals surface area contributed by atoms with Gasteiger partial charge in [0.25, 0.3) is 5.79 Å². The summed E-state index contributed by atoms with van der Waals surface area (Å²) in [6.07, 6.45) is -0.922. The van der Waals surface area contributed by atoms with Gasteiger partial charge in [-0.05, 0) is 11.1 Å². The topological polar surface area (TPSA) is 55.8 Å². The van der Waals surface area contributed by atoms with Gasteiger partial charge in [0.05, 0.1) is 7.11 Å². The second-order valence-electron chi connectivity index (χ2n) is 4.29. The fourth-order valence-corrected chi connectivity index (χ4v) is 2.44. The Kier molecular flexibility index (Phi) is 2.54. The molecule has 3 rings (SSSR count). The van der Waals surface area contributed by atoms with Crippen molar-refractivity contribution >= 4 is 6.16 Å². The molecule has 0 atom stereocenters. The predicted molar refractivity (Wildman–Crippen MR) is 68.4 cm³/mol. The largest absolute Gasteiger partial charge is 0.511 e. The Bertz CT molecular complexity index is 603. The van der Waals surface area contributed by atoms with E-state index >= 15 is 0 Å². The highest BCUT2D eigenvalue weighted by atomic mass is 16.8. The lowest BCUT2D eigenvalue weighted by Gasteiger charge is -2.24. The van der Waals surface area contributed by atoms with Crippen molar-refractivity contribution in [1.29, 1.82) is 0 Å². The molecule has 96 valence electrons. The molecule has 4 heteroatoms. The fraction of sp³-hybridized carbons (Fsp3) is 0.133. The van der Waals surface area contributed by atoms with E-state index in [4.69, 9.17) is 4.74 Å². The number of fused-ring (bicyclic) bond motifs is 3. The first kappa shape index (κ1) is 11.7. The number of hydrogen-bond donors (Lipinski definition) is 1. The third-order valence-electron chi connectivity index (χ3n) is 3.27. The molecule has 1 aliphatic carbocycles. The van der Waals surface area contributed by atoms with Gasteiger partial charge in [-0.2, -0.15) is 0 Å². The standard InChI is InChI=1S/C15H12O4/c1-18-14(16)19-15(17)12-8-4-2-6-10(12)11-7-3-5-9-13(11)15/h2-9,17H,1H3. The molecule has 4 nitrogen and oxygen atoms in total. The molecular formula is C15H12O4. The van der Waals surface area contributed by atoms with Gasteiger partial charge < -0.3 is 14.6 Å². The Morgan fingerprint density at radius 3 is 1.95 bits per heavy atom. The molecule has 19 heavy (non-hydrogen) atoms. The molecule has 0 amide bonds.